The second-order valence-electron chi connectivity index (χ2n) is 6.83. The minimum Gasteiger partial charge on any atom is -0.340 e. The number of carbonyl (C=O) groups excluding carboxylic acids is 1. The highest BCUT2D eigenvalue weighted by atomic mass is 16.2. The van der Waals surface area contributed by atoms with Gasteiger partial charge in [-0.1, -0.05) is 50.6 Å². The van der Waals surface area contributed by atoms with Gasteiger partial charge in [0.25, 0.3) is 0 Å². The third-order valence-corrected chi connectivity index (χ3v) is 5.18. The Kier molecular flexibility index (Phi) is 6.60. The van der Waals surface area contributed by atoms with Gasteiger partial charge in [0.05, 0.1) is 6.04 Å². The van der Waals surface area contributed by atoms with E-state index in [2.05, 4.69) is 49.9 Å². The SMILES string of the molecule is CCC(C)C(N)C(=O)N1CCC(C)N(Cc2ccccc2)CC1. The van der Waals surface area contributed by atoms with Crippen LogP contribution in [0.1, 0.15) is 39.2 Å². The van der Waals surface area contributed by atoms with Gasteiger partial charge in [0.15, 0.2) is 0 Å². The number of nitrogens with two attached hydrogens (primary N) is 1. The number of nitrogens with zero attached hydrogens (tertiary/aromatic N) is 2. The number of rotatable bonds is 5. The molecule has 2 rings (SSSR count). The van der Waals surface area contributed by atoms with Crippen molar-refractivity contribution in [3.8, 4) is 0 Å². The monoisotopic (exact) mass is 317 g/mol. The molecule has 1 aliphatic rings. The Morgan fingerprint density at radius 1 is 1.26 bits per heavy atom. The standard InChI is InChI=1S/C19H31N3O/c1-4-15(2)18(20)19(23)21-11-10-16(3)22(13-12-21)14-17-8-6-5-7-9-17/h5-9,15-16,18H,4,10-14,20H2,1-3H3. The van der Waals surface area contributed by atoms with Crippen LogP contribution in [0.2, 0.25) is 0 Å². The van der Waals surface area contributed by atoms with E-state index in [9.17, 15) is 4.79 Å². The molecule has 2 N–H and O–H groups in total. The molecular weight excluding hydrogens is 286 g/mol. The predicted octanol–water partition coefficient (Wildman–Crippen LogP) is 2.48. The van der Waals surface area contributed by atoms with Gasteiger partial charge in [0.2, 0.25) is 5.91 Å². The quantitative estimate of drug-likeness (QED) is 0.907. The fourth-order valence-electron chi connectivity index (χ4n) is 3.09. The van der Waals surface area contributed by atoms with Gasteiger partial charge in [-0.3, -0.25) is 9.69 Å². The maximum Gasteiger partial charge on any atom is 0.239 e. The molecule has 0 bridgehead atoms. The first-order valence-corrected chi connectivity index (χ1v) is 8.85. The smallest absolute Gasteiger partial charge is 0.239 e. The van der Waals surface area contributed by atoms with Crippen LogP contribution < -0.4 is 5.73 Å². The van der Waals surface area contributed by atoms with Crippen molar-refractivity contribution in [3.63, 3.8) is 0 Å². The van der Waals surface area contributed by atoms with Crippen molar-refractivity contribution in [2.75, 3.05) is 19.6 Å². The summed E-state index contributed by atoms with van der Waals surface area (Å²) in [6.45, 7) is 9.85. The highest BCUT2D eigenvalue weighted by Gasteiger charge is 2.28. The van der Waals surface area contributed by atoms with E-state index in [4.69, 9.17) is 5.73 Å². The summed E-state index contributed by atoms with van der Waals surface area (Å²) in [6, 6.07) is 10.7. The van der Waals surface area contributed by atoms with Crippen molar-refractivity contribution in [1.29, 1.82) is 0 Å². The lowest BCUT2D eigenvalue weighted by Crippen LogP contribution is -2.48. The van der Waals surface area contributed by atoms with Gasteiger partial charge in [0, 0.05) is 32.2 Å². The van der Waals surface area contributed by atoms with Crippen LogP contribution in [0.3, 0.4) is 0 Å². The first kappa shape index (κ1) is 18.0. The lowest BCUT2D eigenvalue weighted by atomic mass is 9.99. The molecule has 0 radical (unpaired) electrons. The Hall–Kier alpha value is -1.39. The van der Waals surface area contributed by atoms with Crippen LogP contribution >= 0.6 is 0 Å². The zero-order valence-corrected chi connectivity index (χ0v) is 14.7. The minimum atomic E-state index is -0.365. The molecule has 4 nitrogen and oxygen atoms in total. The Balaban J connectivity index is 1.96. The normalized spacial score (nSPS) is 22.4. The highest BCUT2D eigenvalue weighted by molar-refractivity contribution is 5.82. The van der Waals surface area contributed by atoms with Crippen molar-refractivity contribution in [3.05, 3.63) is 35.9 Å². The average Bonchev–Trinajstić information content (AvgIpc) is 2.76. The van der Waals surface area contributed by atoms with Gasteiger partial charge in [-0.05, 0) is 24.8 Å². The van der Waals surface area contributed by atoms with E-state index >= 15 is 0 Å². The average molecular weight is 317 g/mol. The number of benzene rings is 1. The van der Waals surface area contributed by atoms with Gasteiger partial charge < -0.3 is 10.6 Å². The predicted molar refractivity (Wildman–Crippen MR) is 94.9 cm³/mol. The molecule has 1 saturated heterocycles. The van der Waals surface area contributed by atoms with E-state index in [0.717, 1.165) is 39.0 Å². The minimum absolute atomic E-state index is 0.119. The molecule has 1 amide bonds. The Morgan fingerprint density at radius 2 is 1.96 bits per heavy atom. The lowest BCUT2D eigenvalue weighted by Gasteiger charge is -2.27. The second kappa shape index (κ2) is 8.46. The Labute approximate surface area is 140 Å². The summed E-state index contributed by atoms with van der Waals surface area (Å²) < 4.78 is 0. The summed E-state index contributed by atoms with van der Waals surface area (Å²) in [4.78, 5) is 17.0. The number of hydrogen-bond donors (Lipinski definition) is 1. The maximum atomic E-state index is 12.6. The van der Waals surface area contributed by atoms with Crippen molar-refractivity contribution >= 4 is 5.91 Å². The van der Waals surface area contributed by atoms with Gasteiger partial charge in [-0.2, -0.15) is 0 Å². The third kappa shape index (κ3) is 4.79. The van der Waals surface area contributed by atoms with Crippen molar-refractivity contribution < 1.29 is 4.79 Å². The van der Waals surface area contributed by atoms with Crippen LogP contribution in [-0.2, 0) is 11.3 Å². The summed E-state index contributed by atoms with van der Waals surface area (Å²) in [7, 11) is 0. The van der Waals surface area contributed by atoms with Crippen molar-refractivity contribution in [2.24, 2.45) is 11.7 Å². The van der Waals surface area contributed by atoms with Crippen LogP contribution in [0, 0.1) is 5.92 Å². The summed E-state index contributed by atoms with van der Waals surface area (Å²) in [5.74, 6) is 0.358. The lowest BCUT2D eigenvalue weighted by molar-refractivity contribution is -0.133. The van der Waals surface area contributed by atoms with Crippen molar-refractivity contribution in [1.82, 2.24) is 9.80 Å². The molecule has 1 fully saturated rings. The molecule has 1 aromatic rings. The molecular formula is C19H31N3O. The fraction of sp³-hybridized carbons (Fsp3) is 0.632. The van der Waals surface area contributed by atoms with Crippen LogP contribution in [0.4, 0.5) is 0 Å². The van der Waals surface area contributed by atoms with Gasteiger partial charge in [-0.25, -0.2) is 0 Å². The molecule has 128 valence electrons. The Bertz CT molecular complexity index is 491. The zero-order valence-electron chi connectivity index (χ0n) is 14.7. The Morgan fingerprint density at radius 3 is 2.61 bits per heavy atom. The maximum absolute atomic E-state index is 12.6. The molecule has 0 aromatic heterocycles. The summed E-state index contributed by atoms with van der Waals surface area (Å²) in [6.07, 6.45) is 1.95. The van der Waals surface area contributed by atoms with Crippen LogP contribution in [-0.4, -0.2) is 47.4 Å². The largest absolute Gasteiger partial charge is 0.340 e. The summed E-state index contributed by atoms with van der Waals surface area (Å²) in [5.41, 5.74) is 7.47. The van der Waals surface area contributed by atoms with Gasteiger partial charge in [0.1, 0.15) is 0 Å². The van der Waals surface area contributed by atoms with E-state index in [1.807, 2.05) is 11.0 Å². The van der Waals surface area contributed by atoms with E-state index in [1.165, 1.54) is 5.56 Å². The molecule has 0 spiro atoms. The van der Waals surface area contributed by atoms with Crippen LogP contribution in [0.15, 0.2) is 30.3 Å². The molecule has 3 atom stereocenters. The van der Waals surface area contributed by atoms with Crippen LogP contribution in [0.5, 0.6) is 0 Å². The molecule has 1 heterocycles. The number of hydrogen-bond acceptors (Lipinski definition) is 3. The van der Waals surface area contributed by atoms with Gasteiger partial charge in [-0.15, -0.1) is 0 Å². The number of carbonyl (C=O) groups is 1. The summed E-state index contributed by atoms with van der Waals surface area (Å²) in [5, 5.41) is 0. The second-order valence-corrected chi connectivity index (χ2v) is 6.83. The molecule has 4 heteroatoms. The molecule has 1 aliphatic heterocycles. The van der Waals surface area contributed by atoms with E-state index in [0.29, 0.717) is 6.04 Å². The van der Waals surface area contributed by atoms with E-state index in [-0.39, 0.29) is 17.9 Å². The zero-order chi connectivity index (χ0) is 16.8. The van der Waals surface area contributed by atoms with E-state index < -0.39 is 0 Å². The first-order valence-electron chi connectivity index (χ1n) is 8.85. The topological polar surface area (TPSA) is 49.6 Å². The fourth-order valence-corrected chi connectivity index (χ4v) is 3.09. The molecule has 3 unspecified atom stereocenters. The molecule has 0 saturated carbocycles. The molecule has 0 aliphatic carbocycles. The first-order chi connectivity index (χ1) is 11.0. The molecule has 23 heavy (non-hydrogen) atoms. The van der Waals surface area contributed by atoms with Crippen LogP contribution in [0.25, 0.3) is 0 Å². The van der Waals surface area contributed by atoms with Crippen molar-refractivity contribution in [2.45, 2.75) is 52.2 Å². The highest BCUT2D eigenvalue weighted by Crippen LogP contribution is 2.16. The number of amides is 1. The van der Waals surface area contributed by atoms with Gasteiger partial charge >= 0.3 is 0 Å². The summed E-state index contributed by atoms with van der Waals surface area (Å²) >= 11 is 0. The van der Waals surface area contributed by atoms with E-state index in [1.54, 1.807) is 0 Å². The molecule has 1 aromatic carbocycles. The third-order valence-electron chi connectivity index (χ3n) is 5.18.